The van der Waals surface area contributed by atoms with Crippen molar-refractivity contribution in [1.82, 2.24) is 5.32 Å². The molecule has 0 spiro atoms. The van der Waals surface area contributed by atoms with E-state index < -0.39 is 0 Å². The maximum atomic E-state index is 6.01. The van der Waals surface area contributed by atoms with E-state index in [1.54, 1.807) is 0 Å². The molecule has 0 saturated heterocycles. The van der Waals surface area contributed by atoms with Crippen molar-refractivity contribution in [2.45, 2.75) is 45.8 Å². The average Bonchev–Trinajstić information content (AvgIpc) is 2.32. The molecule has 1 N–H and O–H groups in total. The lowest BCUT2D eigenvalue weighted by Gasteiger charge is -2.20. The van der Waals surface area contributed by atoms with Crippen LogP contribution in [-0.4, -0.2) is 25.3 Å². The summed E-state index contributed by atoms with van der Waals surface area (Å²) in [5.74, 6) is 0. The second-order valence-electron chi connectivity index (χ2n) is 4.87. The molecular formula is C15H24ClNO. The molecule has 0 aliphatic carbocycles. The van der Waals surface area contributed by atoms with Gasteiger partial charge in [0, 0.05) is 11.1 Å². The highest BCUT2D eigenvalue weighted by atomic mass is 35.5. The molecule has 0 fully saturated rings. The predicted molar refractivity (Wildman–Crippen MR) is 78.3 cm³/mol. The minimum absolute atomic E-state index is 0.273. The smallest absolute Gasteiger partial charge is 0.0626 e. The molecule has 1 aromatic rings. The van der Waals surface area contributed by atoms with Crippen LogP contribution in [0.3, 0.4) is 0 Å². The maximum absolute atomic E-state index is 6.01. The normalized spacial score (nSPS) is 12.9. The molecule has 1 atom stereocenters. The fourth-order valence-corrected chi connectivity index (χ4v) is 2.01. The Morgan fingerprint density at radius 3 is 2.72 bits per heavy atom. The number of hydrogen-bond acceptors (Lipinski definition) is 2. The van der Waals surface area contributed by atoms with Gasteiger partial charge < -0.3 is 10.1 Å². The van der Waals surface area contributed by atoms with Gasteiger partial charge in [-0.25, -0.2) is 0 Å². The number of halogens is 1. The molecule has 0 radical (unpaired) electrons. The van der Waals surface area contributed by atoms with E-state index >= 15 is 0 Å². The van der Waals surface area contributed by atoms with Crippen molar-refractivity contribution in [1.29, 1.82) is 0 Å². The summed E-state index contributed by atoms with van der Waals surface area (Å²) in [7, 11) is 0. The van der Waals surface area contributed by atoms with Crippen LogP contribution in [0.1, 0.15) is 32.8 Å². The number of nitrogens with one attached hydrogen (secondary N) is 1. The van der Waals surface area contributed by atoms with Gasteiger partial charge in [-0.15, -0.1) is 0 Å². The second kappa shape index (κ2) is 8.52. The summed E-state index contributed by atoms with van der Waals surface area (Å²) in [4.78, 5) is 0. The minimum atomic E-state index is 0.273. The molecule has 18 heavy (non-hydrogen) atoms. The lowest BCUT2D eigenvalue weighted by molar-refractivity contribution is 0.0613. The lowest BCUT2D eigenvalue weighted by atomic mass is 10.1. The van der Waals surface area contributed by atoms with Gasteiger partial charge in [0.2, 0.25) is 0 Å². The fourth-order valence-electron chi connectivity index (χ4n) is 1.80. The van der Waals surface area contributed by atoms with Gasteiger partial charge >= 0.3 is 0 Å². The topological polar surface area (TPSA) is 21.3 Å². The zero-order chi connectivity index (χ0) is 13.4. The standard InChI is InChI=1S/C15H24ClNO/c1-4-8-17-15(11-18-12(2)3)10-13-6-5-7-14(16)9-13/h5-7,9,12,15,17H,4,8,10-11H2,1-3H3. The molecule has 1 rings (SSSR count). The molecule has 102 valence electrons. The Hall–Kier alpha value is -0.570. The summed E-state index contributed by atoms with van der Waals surface area (Å²) < 4.78 is 5.71. The number of benzene rings is 1. The monoisotopic (exact) mass is 269 g/mol. The highest BCUT2D eigenvalue weighted by molar-refractivity contribution is 6.30. The van der Waals surface area contributed by atoms with Crippen LogP contribution in [0.5, 0.6) is 0 Å². The Morgan fingerprint density at radius 2 is 2.11 bits per heavy atom. The van der Waals surface area contributed by atoms with E-state index in [-0.39, 0.29) is 6.10 Å². The summed E-state index contributed by atoms with van der Waals surface area (Å²) in [6, 6.07) is 8.40. The Bertz CT molecular complexity index is 341. The third kappa shape index (κ3) is 6.39. The Kier molecular flexibility index (Phi) is 7.33. The van der Waals surface area contributed by atoms with Gasteiger partial charge in [-0.2, -0.15) is 0 Å². The zero-order valence-corrected chi connectivity index (χ0v) is 12.3. The third-order valence-corrected chi connectivity index (χ3v) is 2.92. The lowest BCUT2D eigenvalue weighted by Crippen LogP contribution is -2.36. The Morgan fingerprint density at radius 1 is 1.33 bits per heavy atom. The van der Waals surface area contributed by atoms with E-state index in [0.717, 1.165) is 31.0 Å². The van der Waals surface area contributed by atoms with Crippen molar-refractivity contribution in [3.05, 3.63) is 34.9 Å². The van der Waals surface area contributed by atoms with E-state index in [1.165, 1.54) is 5.56 Å². The van der Waals surface area contributed by atoms with E-state index in [9.17, 15) is 0 Å². The zero-order valence-electron chi connectivity index (χ0n) is 11.6. The van der Waals surface area contributed by atoms with Crippen LogP contribution in [0.4, 0.5) is 0 Å². The van der Waals surface area contributed by atoms with Crippen LogP contribution in [-0.2, 0) is 11.2 Å². The molecule has 0 aliphatic heterocycles. The molecule has 0 aliphatic rings. The Labute approximate surface area is 116 Å². The molecule has 0 amide bonds. The molecule has 1 unspecified atom stereocenters. The van der Waals surface area contributed by atoms with Crippen molar-refractivity contribution in [2.75, 3.05) is 13.2 Å². The van der Waals surface area contributed by atoms with Crippen LogP contribution >= 0.6 is 11.6 Å². The molecular weight excluding hydrogens is 246 g/mol. The summed E-state index contributed by atoms with van der Waals surface area (Å²) in [5, 5.41) is 4.32. The van der Waals surface area contributed by atoms with Gasteiger partial charge in [0.15, 0.2) is 0 Å². The van der Waals surface area contributed by atoms with Gasteiger partial charge in [0.25, 0.3) is 0 Å². The van der Waals surface area contributed by atoms with E-state index in [2.05, 4.69) is 32.2 Å². The van der Waals surface area contributed by atoms with Crippen LogP contribution in [0, 0.1) is 0 Å². The SMILES string of the molecule is CCCNC(COC(C)C)Cc1cccc(Cl)c1. The fraction of sp³-hybridized carbons (Fsp3) is 0.600. The van der Waals surface area contributed by atoms with Gasteiger partial charge in [-0.05, 0) is 50.9 Å². The largest absolute Gasteiger partial charge is 0.377 e. The first kappa shape index (κ1) is 15.5. The molecule has 2 nitrogen and oxygen atoms in total. The maximum Gasteiger partial charge on any atom is 0.0626 e. The quantitative estimate of drug-likeness (QED) is 0.777. The molecule has 3 heteroatoms. The number of ether oxygens (including phenoxy) is 1. The molecule has 0 saturated carbocycles. The number of hydrogen-bond donors (Lipinski definition) is 1. The van der Waals surface area contributed by atoms with E-state index in [0.29, 0.717) is 6.04 Å². The molecule has 0 aromatic heterocycles. The molecule has 1 aromatic carbocycles. The first-order valence-electron chi connectivity index (χ1n) is 6.71. The van der Waals surface area contributed by atoms with Gasteiger partial charge in [-0.1, -0.05) is 30.7 Å². The summed E-state index contributed by atoms with van der Waals surface area (Å²) >= 11 is 6.01. The Balaban J connectivity index is 2.53. The van der Waals surface area contributed by atoms with Crippen molar-refractivity contribution in [3.8, 4) is 0 Å². The molecule has 0 heterocycles. The van der Waals surface area contributed by atoms with Crippen LogP contribution in [0.15, 0.2) is 24.3 Å². The summed E-state index contributed by atoms with van der Waals surface area (Å²) in [6.45, 7) is 8.07. The van der Waals surface area contributed by atoms with E-state index in [4.69, 9.17) is 16.3 Å². The first-order chi connectivity index (χ1) is 8.61. The average molecular weight is 270 g/mol. The van der Waals surface area contributed by atoms with Gasteiger partial charge in [0.05, 0.1) is 12.7 Å². The van der Waals surface area contributed by atoms with E-state index in [1.807, 2.05) is 18.2 Å². The minimum Gasteiger partial charge on any atom is -0.377 e. The van der Waals surface area contributed by atoms with Crippen LogP contribution in [0.2, 0.25) is 5.02 Å². The summed E-state index contributed by atoms with van der Waals surface area (Å²) in [5.41, 5.74) is 1.25. The van der Waals surface area contributed by atoms with Crippen molar-refractivity contribution < 1.29 is 4.74 Å². The predicted octanol–water partition coefficient (Wildman–Crippen LogP) is 3.68. The van der Waals surface area contributed by atoms with Crippen molar-refractivity contribution >= 4 is 11.6 Å². The first-order valence-corrected chi connectivity index (χ1v) is 7.09. The highest BCUT2D eigenvalue weighted by Gasteiger charge is 2.10. The van der Waals surface area contributed by atoms with Gasteiger partial charge in [-0.3, -0.25) is 0 Å². The third-order valence-electron chi connectivity index (χ3n) is 2.68. The van der Waals surface area contributed by atoms with Crippen LogP contribution in [0.25, 0.3) is 0 Å². The van der Waals surface area contributed by atoms with Crippen molar-refractivity contribution in [2.24, 2.45) is 0 Å². The number of rotatable bonds is 8. The van der Waals surface area contributed by atoms with Crippen LogP contribution < -0.4 is 5.32 Å². The molecule has 0 bridgehead atoms. The highest BCUT2D eigenvalue weighted by Crippen LogP contribution is 2.12. The summed E-state index contributed by atoms with van der Waals surface area (Å²) in [6.07, 6.45) is 2.36. The van der Waals surface area contributed by atoms with Crippen molar-refractivity contribution in [3.63, 3.8) is 0 Å². The van der Waals surface area contributed by atoms with Gasteiger partial charge in [0.1, 0.15) is 0 Å². The second-order valence-corrected chi connectivity index (χ2v) is 5.30.